The number of halogens is 4. The summed E-state index contributed by atoms with van der Waals surface area (Å²) in [6.45, 7) is 1.43. The Balaban J connectivity index is 1.83. The molecule has 4 aromatic rings. The minimum absolute atomic E-state index is 0.0432. The van der Waals surface area contributed by atoms with Gasteiger partial charge in [-0.15, -0.1) is 10.2 Å². The standard InChI is InChI=1S/C19H11Cl4N7O7S2/c1-7-15(17(31)30(29-7)12-5-10(21)14(6-9(12)20)39(35,36)37)28-27-11-4-8(2-3-13(11)38(32,33)34)16-24-18(22)26-19(23)25-16/h2-6,29H,1H3,(H,32,33,34)(H,35,36,37). The van der Waals surface area contributed by atoms with Crippen molar-refractivity contribution in [3.63, 3.8) is 0 Å². The summed E-state index contributed by atoms with van der Waals surface area (Å²) in [6.07, 6.45) is 0. The van der Waals surface area contributed by atoms with Crippen LogP contribution in [0.3, 0.4) is 0 Å². The molecule has 0 aliphatic carbocycles. The molecule has 0 atom stereocenters. The fourth-order valence-electron chi connectivity index (χ4n) is 3.22. The Bertz CT molecular complexity index is 1940. The van der Waals surface area contributed by atoms with Gasteiger partial charge in [0, 0.05) is 5.56 Å². The van der Waals surface area contributed by atoms with E-state index in [-0.39, 0.29) is 44.0 Å². The summed E-state index contributed by atoms with van der Waals surface area (Å²) in [4.78, 5) is 23.2. The second-order valence-corrected chi connectivity index (χ2v) is 11.8. The van der Waals surface area contributed by atoms with Gasteiger partial charge in [0.25, 0.3) is 25.8 Å². The number of hydrogen-bond donors (Lipinski definition) is 3. The number of H-pyrrole nitrogens is 1. The molecular weight excluding hydrogens is 644 g/mol. The second kappa shape index (κ2) is 10.5. The van der Waals surface area contributed by atoms with Crippen LogP contribution in [0.15, 0.2) is 55.1 Å². The Morgan fingerprint density at radius 3 is 2.05 bits per heavy atom. The van der Waals surface area contributed by atoms with E-state index in [0.29, 0.717) is 0 Å². The van der Waals surface area contributed by atoms with Crippen molar-refractivity contribution in [2.45, 2.75) is 16.7 Å². The van der Waals surface area contributed by atoms with E-state index >= 15 is 0 Å². The number of aromatic nitrogens is 5. The Kier molecular flexibility index (Phi) is 7.85. The minimum Gasteiger partial charge on any atom is -0.293 e. The normalized spacial score (nSPS) is 12.4. The minimum atomic E-state index is -4.79. The number of nitrogens with zero attached hydrogens (tertiary/aromatic N) is 6. The molecule has 0 fully saturated rings. The first-order valence-electron chi connectivity index (χ1n) is 9.95. The number of benzene rings is 2. The molecule has 2 aromatic carbocycles. The highest BCUT2D eigenvalue weighted by atomic mass is 35.5. The largest absolute Gasteiger partial charge is 0.299 e. The SMILES string of the molecule is Cc1[nH]n(-c2cc(Cl)c(S(=O)(=O)O)cc2Cl)c(=O)c1N=Nc1cc(-c2nc(Cl)nc(Cl)n2)ccc1S(=O)(=O)O. The van der Waals surface area contributed by atoms with Crippen molar-refractivity contribution < 1.29 is 25.9 Å². The molecule has 4 rings (SSSR count). The zero-order valence-corrected chi connectivity index (χ0v) is 23.5. The van der Waals surface area contributed by atoms with Crippen molar-refractivity contribution in [2.75, 3.05) is 0 Å². The van der Waals surface area contributed by atoms with Gasteiger partial charge in [-0.1, -0.05) is 23.2 Å². The average Bonchev–Trinajstić information content (AvgIpc) is 3.09. The smallest absolute Gasteiger partial charge is 0.293 e. The molecule has 0 saturated heterocycles. The zero-order valence-electron chi connectivity index (χ0n) is 18.8. The molecule has 0 aliphatic heterocycles. The number of aryl methyl sites for hydroxylation is 1. The van der Waals surface area contributed by atoms with Crippen molar-refractivity contribution in [2.24, 2.45) is 10.2 Å². The third kappa shape index (κ3) is 6.12. The van der Waals surface area contributed by atoms with Gasteiger partial charge in [0.2, 0.25) is 10.6 Å². The van der Waals surface area contributed by atoms with Gasteiger partial charge >= 0.3 is 0 Å². The fraction of sp³-hybridized carbons (Fsp3) is 0.0526. The maximum absolute atomic E-state index is 13.1. The van der Waals surface area contributed by atoms with Crippen LogP contribution in [0.4, 0.5) is 11.4 Å². The van der Waals surface area contributed by atoms with E-state index in [1.165, 1.54) is 13.0 Å². The lowest BCUT2D eigenvalue weighted by molar-refractivity contribution is 0.481. The summed E-state index contributed by atoms with van der Waals surface area (Å²) in [7, 11) is -9.49. The van der Waals surface area contributed by atoms with E-state index in [2.05, 4.69) is 30.3 Å². The van der Waals surface area contributed by atoms with Crippen LogP contribution in [0.5, 0.6) is 0 Å². The second-order valence-electron chi connectivity index (χ2n) is 7.49. The van der Waals surface area contributed by atoms with Gasteiger partial charge in [-0.05, 0) is 60.5 Å². The van der Waals surface area contributed by atoms with Gasteiger partial charge in [0.05, 0.1) is 21.4 Å². The van der Waals surface area contributed by atoms with Crippen molar-refractivity contribution in [1.29, 1.82) is 0 Å². The third-order valence-electron chi connectivity index (χ3n) is 4.89. The summed E-state index contributed by atoms with van der Waals surface area (Å²) in [5.41, 5.74) is -1.32. The molecule has 0 saturated carbocycles. The van der Waals surface area contributed by atoms with E-state index in [4.69, 9.17) is 46.4 Å². The van der Waals surface area contributed by atoms with E-state index < -0.39 is 46.3 Å². The first kappa shape index (κ1) is 29.0. The van der Waals surface area contributed by atoms with E-state index in [9.17, 15) is 30.7 Å². The molecule has 204 valence electrons. The van der Waals surface area contributed by atoms with Gasteiger partial charge in [0.15, 0.2) is 11.5 Å². The highest BCUT2D eigenvalue weighted by Gasteiger charge is 2.22. The van der Waals surface area contributed by atoms with Crippen LogP contribution in [0.25, 0.3) is 17.1 Å². The summed E-state index contributed by atoms with van der Waals surface area (Å²) < 4.78 is 66.6. The summed E-state index contributed by atoms with van der Waals surface area (Å²) in [6, 6.07) is 5.28. The van der Waals surface area contributed by atoms with Gasteiger partial charge in [-0.2, -0.15) is 31.8 Å². The molecule has 20 heteroatoms. The van der Waals surface area contributed by atoms with Crippen molar-refractivity contribution in [3.8, 4) is 17.1 Å². The lowest BCUT2D eigenvalue weighted by Crippen LogP contribution is -2.15. The molecule has 0 bridgehead atoms. The molecule has 3 N–H and O–H groups in total. The third-order valence-corrected chi connectivity index (χ3v) is 7.75. The fourth-order valence-corrected chi connectivity index (χ4v) is 5.53. The summed E-state index contributed by atoms with van der Waals surface area (Å²) in [5, 5.41) is 9.17. The predicted molar refractivity (Wildman–Crippen MR) is 140 cm³/mol. The highest BCUT2D eigenvalue weighted by molar-refractivity contribution is 7.86. The molecule has 0 unspecified atom stereocenters. The highest BCUT2D eigenvalue weighted by Crippen LogP contribution is 2.33. The lowest BCUT2D eigenvalue weighted by Gasteiger charge is -2.08. The topological polar surface area (TPSA) is 210 Å². The Hall–Kier alpha value is -2.96. The Morgan fingerprint density at radius 2 is 1.46 bits per heavy atom. The number of aromatic amines is 1. The first-order chi connectivity index (χ1) is 18.1. The number of nitrogens with one attached hydrogen (secondary N) is 1. The van der Waals surface area contributed by atoms with Crippen molar-refractivity contribution in [1.82, 2.24) is 24.7 Å². The molecule has 0 amide bonds. The first-order valence-corrected chi connectivity index (χ1v) is 14.3. The maximum atomic E-state index is 13.1. The van der Waals surface area contributed by atoms with E-state index in [1.54, 1.807) is 0 Å². The summed E-state index contributed by atoms with van der Waals surface area (Å²) in [5.74, 6) is -0.0432. The molecule has 39 heavy (non-hydrogen) atoms. The average molecular weight is 655 g/mol. The molecule has 0 aliphatic rings. The van der Waals surface area contributed by atoms with Crippen molar-refractivity contribution in [3.05, 3.63) is 67.0 Å². The van der Waals surface area contributed by atoms with Crippen LogP contribution in [0.2, 0.25) is 20.6 Å². The van der Waals surface area contributed by atoms with E-state index in [1.807, 2.05) is 0 Å². The van der Waals surface area contributed by atoms with Gasteiger partial charge in [-0.3, -0.25) is 19.0 Å². The molecule has 14 nitrogen and oxygen atoms in total. The van der Waals surface area contributed by atoms with Gasteiger partial charge in [0.1, 0.15) is 15.5 Å². The van der Waals surface area contributed by atoms with Crippen LogP contribution in [0, 0.1) is 6.92 Å². The van der Waals surface area contributed by atoms with Crippen LogP contribution in [-0.2, 0) is 20.2 Å². The van der Waals surface area contributed by atoms with Crippen molar-refractivity contribution >= 4 is 78.0 Å². The lowest BCUT2D eigenvalue weighted by atomic mass is 10.2. The van der Waals surface area contributed by atoms with E-state index in [0.717, 1.165) is 28.9 Å². The zero-order chi connectivity index (χ0) is 28.9. The van der Waals surface area contributed by atoms with Crippen LogP contribution < -0.4 is 5.56 Å². The van der Waals surface area contributed by atoms with Crippen LogP contribution >= 0.6 is 46.4 Å². The maximum Gasteiger partial charge on any atom is 0.299 e. The Morgan fingerprint density at radius 1 is 0.846 bits per heavy atom. The predicted octanol–water partition coefficient (Wildman–Crippen LogP) is 4.85. The quantitative estimate of drug-likeness (QED) is 0.190. The monoisotopic (exact) mass is 653 g/mol. The van der Waals surface area contributed by atoms with Crippen LogP contribution in [0.1, 0.15) is 5.69 Å². The number of hydrogen-bond acceptors (Lipinski definition) is 10. The molecule has 2 aromatic heterocycles. The van der Waals surface area contributed by atoms with Gasteiger partial charge in [-0.25, -0.2) is 4.68 Å². The molecule has 0 radical (unpaired) electrons. The van der Waals surface area contributed by atoms with Crippen LogP contribution in [-0.4, -0.2) is 50.7 Å². The molecular formula is C19H11Cl4N7O7S2. The number of rotatable bonds is 6. The molecule has 2 heterocycles. The number of azo groups is 1. The summed E-state index contributed by atoms with van der Waals surface area (Å²) >= 11 is 23.7. The van der Waals surface area contributed by atoms with Gasteiger partial charge < -0.3 is 0 Å². The molecule has 0 spiro atoms. The Labute approximate surface area is 238 Å².